The first-order valence-electron chi connectivity index (χ1n) is 12.4. The zero-order valence-corrected chi connectivity index (χ0v) is 20.8. The van der Waals surface area contributed by atoms with Crippen LogP contribution in [0.5, 0.6) is 17.2 Å². The molecule has 1 unspecified atom stereocenters. The summed E-state index contributed by atoms with van der Waals surface area (Å²) in [6.07, 6.45) is 2.41. The topological polar surface area (TPSA) is 98.4 Å². The molecule has 37 heavy (non-hydrogen) atoms. The van der Waals surface area contributed by atoms with E-state index in [9.17, 15) is 14.7 Å². The molecule has 1 aromatic heterocycles. The molecule has 1 amide bonds. The molecule has 5 rings (SSSR count). The SMILES string of the molecule is CC(C)CCOc1cccc(C2/C(=C(\O)c3ccc4c(c3)OCCO4)C(=O)C(=O)N2Cc2ccco2)c1. The zero-order valence-electron chi connectivity index (χ0n) is 20.8. The van der Waals surface area contributed by atoms with E-state index in [-0.39, 0.29) is 17.9 Å². The Kier molecular flexibility index (Phi) is 6.90. The normalized spacial score (nSPS) is 18.5. The van der Waals surface area contributed by atoms with Crippen molar-refractivity contribution in [3.63, 3.8) is 0 Å². The van der Waals surface area contributed by atoms with E-state index in [2.05, 4.69) is 13.8 Å². The van der Waals surface area contributed by atoms with Gasteiger partial charge in [0.05, 0.1) is 31.0 Å². The molecule has 1 saturated heterocycles. The smallest absolute Gasteiger partial charge is 0.296 e. The number of furan rings is 1. The molecule has 3 heterocycles. The number of fused-ring (bicyclic) bond motifs is 1. The minimum Gasteiger partial charge on any atom is -0.507 e. The van der Waals surface area contributed by atoms with Gasteiger partial charge in [-0.2, -0.15) is 0 Å². The van der Waals surface area contributed by atoms with Gasteiger partial charge in [-0.25, -0.2) is 0 Å². The Hall–Kier alpha value is -4.20. The molecule has 1 N–H and O–H groups in total. The predicted molar refractivity (Wildman–Crippen MR) is 135 cm³/mol. The molecule has 2 aliphatic heterocycles. The van der Waals surface area contributed by atoms with E-state index in [1.54, 1.807) is 30.3 Å². The summed E-state index contributed by atoms with van der Waals surface area (Å²) in [4.78, 5) is 28.0. The second-order valence-corrected chi connectivity index (χ2v) is 9.47. The second kappa shape index (κ2) is 10.4. The average Bonchev–Trinajstić information content (AvgIpc) is 3.50. The summed E-state index contributed by atoms with van der Waals surface area (Å²) in [5, 5.41) is 11.4. The van der Waals surface area contributed by atoms with Gasteiger partial charge in [-0.05, 0) is 60.4 Å². The highest BCUT2D eigenvalue weighted by Gasteiger charge is 2.46. The first kappa shape index (κ1) is 24.5. The van der Waals surface area contributed by atoms with Gasteiger partial charge in [0.25, 0.3) is 11.7 Å². The molecule has 8 nitrogen and oxygen atoms in total. The maximum atomic E-state index is 13.3. The third-order valence-electron chi connectivity index (χ3n) is 6.40. The fraction of sp³-hybridized carbons (Fsp3) is 0.310. The molecule has 2 aromatic carbocycles. The average molecular weight is 504 g/mol. The molecule has 2 aliphatic rings. The van der Waals surface area contributed by atoms with Crippen molar-refractivity contribution >= 4 is 17.4 Å². The lowest BCUT2D eigenvalue weighted by atomic mass is 9.95. The molecule has 0 saturated carbocycles. The molecule has 192 valence electrons. The number of likely N-dealkylation sites (tertiary alicyclic amines) is 1. The number of nitrogens with zero attached hydrogens (tertiary/aromatic N) is 1. The predicted octanol–water partition coefficient (Wildman–Crippen LogP) is 5.10. The number of ether oxygens (including phenoxy) is 3. The Morgan fingerprint density at radius 2 is 1.86 bits per heavy atom. The van der Waals surface area contributed by atoms with Crippen LogP contribution in [-0.4, -0.2) is 41.5 Å². The summed E-state index contributed by atoms with van der Waals surface area (Å²) in [5.74, 6) is 0.905. The fourth-order valence-electron chi connectivity index (χ4n) is 4.49. The number of ketones is 1. The van der Waals surface area contributed by atoms with E-state index >= 15 is 0 Å². The number of benzene rings is 2. The largest absolute Gasteiger partial charge is 0.507 e. The lowest BCUT2D eigenvalue weighted by molar-refractivity contribution is -0.140. The van der Waals surface area contributed by atoms with Crippen molar-refractivity contribution < 1.29 is 33.3 Å². The number of rotatable bonds is 8. The van der Waals surface area contributed by atoms with Crippen LogP contribution in [0.25, 0.3) is 5.76 Å². The van der Waals surface area contributed by atoms with Gasteiger partial charge in [-0.1, -0.05) is 26.0 Å². The highest BCUT2D eigenvalue weighted by molar-refractivity contribution is 6.46. The summed E-state index contributed by atoms with van der Waals surface area (Å²) < 4.78 is 22.6. The van der Waals surface area contributed by atoms with Crippen LogP contribution in [-0.2, 0) is 16.1 Å². The summed E-state index contributed by atoms with van der Waals surface area (Å²) in [6.45, 7) is 5.68. The van der Waals surface area contributed by atoms with Crippen molar-refractivity contribution in [3.8, 4) is 17.2 Å². The summed E-state index contributed by atoms with van der Waals surface area (Å²) in [6, 6.07) is 14.8. The third-order valence-corrected chi connectivity index (χ3v) is 6.40. The highest BCUT2D eigenvalue weighted by Crippen LogP contribution is 2.42. The Morgan fingerprint density at radius 1 is 1.05 bits per heavy atom. The monoisotopic (exact) mass is 503 g/mol. The minimum absolute atomic E-state index is 0.00688. The van der Waals surface area contributed by atoms with Crippen molar-refractivity contribution in [3.05, 3.63) is 83.3 Å². The molecule has 1 fully saturated rings. The highest BCUT2D eigenvalue weighted by atomic mass is 16.6. The van der Waals surface area contributed by atoms with Crippen molar-refractivity contribution in [2.45, 2.75) is 32.9 Å². The minimum atomic E-state index is -0.841. The summed E-state index contributed by atoms with van der Waals surface area (Å²) in [7, 11) is 0. The lowest BCUT2D eigenvalue weighted by Crippen LogP contribution is -2.29. The van der Waals surface area contributed by atoms with E-state index in [0.29, 0.717) is 59.9 Å². The Bertz CT molecular complexity index is 1330. The number of carbonyl (C=O) groups excluding carboxylic acids is 2. The van der Waals surface area contributed by atoms with Gasteiger partial charge in [0.2, 0.25) is 0 Å². The van der Waals surface area contributed by atoms with Gasteiger partial charge in [0.1, 0.15) is 30.5 Å². The van der Waals surface area contributed by atoms with Crippen molar-refractivity contribution in [2.24, 2.45) is 5.92 Å². The third kappa shape index (κ3) is 5.05. The molecule has 0 spiro atoms. The Balaban J connectivity index is 1.57. The summed E-state index contributed by atoms with van der Waals surface area (Å²) in [5.41, 5.74) is 0.994. The maximum Gasteiger partial charge on any atom is 0.296 e. The van der Waals surface area contributed by atoms with Crippen LogP contribution in [0.2, 0.25) is 0 Å². The number of Topliss-reactive ketones (excluding diaryl/α,β-unsaturated/α-hetero) is 1. The lowest BCUT2D eigenvalue weighted by Gasteiger charge is -2.25. The van der Waals surface area contributed by atoms with Gasteiger partial charge in [-0.15, -0.1) is 0 Å². The van der Waals surface area contributed by atoms with Gasteiger partial charge >= 0.3 is 0 Å². The molecule has 3 aromatic rings. The van der Waals surface area contributed by atoms with Crippen LogP contribution < -0.4 is 14.2 Å². The van der Waals surface area contributed by atoms with E-state index < -0.39 is 17.7 Å². The van der Waals surface area contributed by atoms with Gasteiger partial charge < -0.3 is 28.6 Å². The van der Waals surface area contributed by atoms with Crippen molar-refractivity contribution in [1.82, 2.24) is 4.90 Å². The first-order valence-corrected chi connectivity index (χ1v) is 12.4. The Morgan fingerprint density at radius 3 is 2.62 bits per heavy atom. The van der Waals surface area contributed by atoms with Crippen LogP contribution in [0.4, 0.5) is 0 Å². The number of hydrogen-bond donors (Lipinski definition) is 1. The van der Waals surface area contributed by atoms with Crippen LogP contribution in [0.15, 0.2) is 70.9 Å². The molecular weight excluding hydrogens is 474 g/mol. The molecule has 0 radical (unpaired) electrons. The van der Waals surface area contributed by atoms with Crippen LogP contribution in [0, 0.1) is 5.92 Å². The maximum absolute atomic E-state index is 13.3. The number of hydrogen-bond acceptors (Lipinski definition) is 7. The molecule has 8 heteroatoms. The molecule has 0 bridgehead atoms. The first-order chi connectivity index (χ1) is 17.9. The standard InChI is InChI=1S/C29H29NO7/c1-18(2)10-12-35-21-6-3-5-19(15-21)26-25(28(32)29(33)30(26)17-22-7-4-11-34-22)27(31)20-8-9-23-24(16-20)37-14-13-36-23/h3-9,11,15-16,18,26,31H,10,12-14,17H2,1-2H3/b27-25+. The fourth-order valence-corrected chi connectivity index (χ4v) is 4.49. The van der Waals surface area contributed by atoms with Crippen LogP contribution in [0.1, 0.15) is 43.2 Å². The molecular formula is C29H29NO7. The zero-order chi connectivity index (χ0) is 25.9. The molecule has 1 atom stereocenters. The number of aliphatic hydroxyl groups is 1. The molecule has 0 aliphatic carbocycles. The number of amides is 1. The van der Waals surface area contributed by atoms with Gasteiger partial charge in [0, 0.05) is 5.56 Å². The summed E-state index contributed by atoms with van der Waals surface area (Å²) >= 11 is 0. The van der Waals surface area contributed by atoms with E-state index in [4.69, 9.17) is 18.6 Å². The van der Waals surface area contributed by atoms with E-state index in [1.807, 2.05) is 24.3 Å². The van der Waals surface area contributed by atoms with Crippen LogP contribution in [0.3, 0.4) is 0 Å². The number of aliphatic hydroxyl groups excluding tert-OH is 1. The van der Waals surface area contributed by atoms with Gasteiger partial charge in [-0.3, -0.25) is 9.59 Å². The van der Waals surface area contributed by atoms with E-state index in [1.165, 1.54) is 11.2 Å². The second-order valence-electron chi connectivity index (χ2n) is 9.47. The Labute approximate surface area is 215 Å². The quantitative estimate of drug-likeness (QED) is 0.259. The van der Waals surface area contributed by atoms with E-state index in [0.717, 1.165) is 6.42 Å². The van der Waals surface area contributed by atoms with Crippen molar-refractivity contribution in [1.29, 1.82) is 0 Å². The number of carbonyl (C=O) groups is 2. The van der Waals surface area contributed by atoms with Gasteiger partial charge in [0.15, 0.2) is 11.5 Å². The van der Waals surface area contributed by atoms with Crippen LogP contribution >= 0.6 is 0 Å². The van der Waals surface area contributed by atoms with Crippen molar-refractivity contribution in [2.75, 3.05) is 19.8 Å².